The van der Waals surface area contributed by atoms with Crippen molar-refractivity contribution in [2.45, 2.75) is 31.2 Å². The summed E-state index contributed by atoms with van der Waals surface area (Å²) in [6.07, 6.45) is 1.25. The molecule has 178 valence electrons. The topological polar surface area (TPSA) is 96.4 Å². The van der Waals surface area contributed by atoms with Crippen LogP contribution in [0, 0.1) is 0 Å². The van der Waals surface area contributed by atoms with Crippen molar-refractivity contribution >= 4 is 33.8 Å². The zero-order valence-corrected chi connectivity index (χ0v) is 19.6. The fourth-order valence-corrected chi connectivity index (χ4v) is 5.15. The van der Waals surface area contributed by atoms with Gasteiger partial charge in [0.1, 0.15) is 17.3 Å². The van der Waals surface area contributed by atoms with Crippen LogP contribution in [0.15, 0.2) is 42.6 Å². The number of carbonyl (C=O) groups is 1. The molecule has 4 heterocycles. The quantitative estimate of drug-likeness (QED) is 0.493. The predicted octanol–water partition coefficient (Wildman–Crippen LogP) is 2.68. The SMILES string of the molecule is CO[C@@H](C(=O)Cc1nnc(N[C@@H]2CCN(c3cccnn3)C2)s1)c1cccc(N2CC(F)C2)c1. The predicted molar refractivity (Wildman–Crippen MR) is 128 cm³/mol. The first-order valence-corrected chi connectivity index (χ1v) is 12.1. The zero-order chi connectivity index (χ0) is 23.5. The summed E-state index contributed by atoms with van der Waals surface area (Å²) in [7, 11) is 1.52. The van der Waals surface area contributed by atoms with E-state index in [1.165, 1.54) is 18.4 Å². The number of aromatic nitrogens is 4. The molecule has 0 spiro atoms. The first kappa shape index (κ1) is 22.6. The third kappa shape index (κ3) is 5.00. The maximum atomic E-state index is 13.2. The summed E-state index contributed by atoms with van der Waals surface area (Å²) >= 11 is 1.38. The van der Waals surface area contributed by atoms with Gasteiger partial charge in [-0.3, -0.25) is 4.79 Å². The van der Waals surface area contributed by atoms with E-state index in [0.717, 1.165) is 36.6 Å². The minimum Gasteiger partial charge on any atom is -0.369 e. The van der Waals surface area contributed by atoms with Crippen LogP contribution in [0.5, 0.6) is 0 Å². The molecule has 0 amide bonds. The van der Waals surface area contributed by atoms with Gasteiger partial charge < -0.3 is 19.9 Å². The van der Waals surface area contributed by atoms with Crippen molar-refractivity contribution in [1.82, 2.24) is 20.4 Å². The summed E-state index contributed by atoms with van der Waals surface area (Å²) in [6, 6.07) is 11.6. The number of alkyl halides is 1. The lowest BCUT2D eigenvalue weighted by atomic mass is 10.0. The Bertz CT molecular complexity index is 1130. The second kappa shape index (κ2) is 9.98. The number of nitrogens with zero attached hydrogens (tertiary/aromatic N) is 6. The lowest BCUT2D eigenvalue weighted by molar-refractivity contribution is -0.128. The monoisotopic (exact) mass is 483 g/mol. The average molecular weight is 484 g/mol. The number of halogens is 1. The summed E-state index contributed by atoms with van der Waals surface area (Å²) in [5.74, 6) is 0.771. The molecule has 5 rings (SSSR count). The highest BCUT2D eigenvalue weighted by molar-refractivity contribution is 7.15. The van der Waals surface area contributed by atoms with Crippen molar-refractivity contribution in [3.63, 3.8) is 0 Å². The first-order chi connectivity index (χ1) is 16.6. The van der Waals surface area contributed by atoms with Crippen LogP contribution in [0.3, 0.4) is 0 Å². The van der Waals surface area contributed by atoms with Gasteiger partial charge in [0, 0.05) is 38.1 Å². The number of hydrogen-bond donors (Lipinski definition) is 1. The molecule has 3 aromatic rings. The van der Waals surface area contributed by atoms with E-state index in [1.54, 1.807) is 6.20 Å². The number of ether oxygens (including phenoxy) is 1. The third-order valence-electron chi connectivity index (χ3n) is 6.09. The lowest BCUT2D eigenvalue weighted by Gasteiger charge is -2.36. The van der Waals surface area contributed by atoms with E-state index in [2.05, 4.69) is 30.6 Å². The van der Waals surface area contributed by atoms with Crippen LogP contribution < -0.4 is 15.1 Å². The van der Waals surface area contributed by atoms with Gasteiger partial charge in [0.2, 0.25) is 5.13 Å². The van der Waals surface area contributed by atoms with Gasteiger partial charge in [-0.15, -0.1) is 15.3 Å². The van der Waals surface area contributed by atoms with Crippen molar-refractivity contribution in [2.24, 2.45) is 0 Å². The van der Waals surface area contributed by atoms with E-state index in [-0.39, 0.29) is 18.2 Å². The molecule has 2 saturated heterocycles. The maximum Gasteiger partial charge on any atom is 0.205 e. The van der Waals surface area contributed by atoms with Crippen LogP contribution in [0.4, 0.5) is 21.0 Å². The molecule has 2 fully saturated rings. The Balaban J connectivity index is 1.18. The normalized spacial score (nSPS) is 19.2. The number of rotatable bonds is 9. The minimum absolute atomic E-state index is 0.0935. The molecule has 0 radical (unpaired) electrons. The molecule has 9 nitrogen and oxygen atoms in total. The maximum absolute atomic E-state index is 13.2. The van der Waals surface area contributed by atoms with E-state index in [0.29, 0.717) is 23.2 Å². The van der Waals surface area contributed by atoms with Crippen LogP contribution in [-0.4, -0.2) is 71.7 Å². The molecular formula is C23H26FN7O2S. The van der Waals surface area contributed by atoms with Gasteiger partial charge in [-0.05, 0) is 36.2 Å². The van der Waals surface area contributed by atoms with Gasteiger partial charge in [-0.25, -0.2) is 4.39 Å². The van der Waals surface area contributed by atoms with E-state index in [4.69, 9.17) is 4.74 Å². The van der Waals surface area contributed by atoms with Crippen LogP contribution in [0.25, 0.3) is 0 Å². The van der Waals surface area contributed by atoms with E-state index in [9.17, 15) is 9.18 Å². The summed E-state index contributed by atoms with van der Waals surface area (Å²) in [4.78, 5) is 17.1. The number of methoxy groups -OCH3 is 1. The average Bonchev–Trinajstić information content (AvgIpc) is 3.48. The smallest absolute Gasteiger partial charge is 0.205 e. The van der Waals surface area contributed by atoms with E-state index < -0.39 is 12.3 Å². The van der Waals surface area contributed by atoms with Gasteiger partial charge in [0.25, 0.3) is 0 Å². The zero-order valence-electron chi connectivity index (χ0n) is 18.8. The molecule has 2 aliphatic rings. The first-order valence-electron chi connectivity index (χ1n) is 11.2. The summed E-state index contributed by atoms with van der Waals surface area (Å²) in [5.41, 5.74) is 1.65. The van der Waals surface area contributed by atoms with Crippen molar-refractivity contribution in [2.75, 3.05) is 48.4 Å². The van der Waals surface area contributed by atoms with Crippen LogP contribution >= 0.6 is 11.3 Å². The van der Waals surface area contributed by atoms with Gasteiger partial charge in [-0.2, -0.15) is 5.10 Å². The molecule has 2 aromatic heterocycles. The van der Waals surface area contributed by atoms with Gasteiger partial charge in [0.05, 0.1) is 19.5 Å². The molecule has 0 saturated carbocycles. The van der Waals surface area contributed by atoms with Gasteiger partial charge in [0.15, 0.2) is 11.6 Å². The number of ketones is 1. The Morgan fingerprint density at radius 1 is 1.21 bits per heavy atom. The largest absolute Gasteiger partial charge is 0.369 e. The number of Topliss-reactive ketones (excluding diaryl/α,β-unsaturated/α-hetero) is 1. The van der Waals surface area contributed by atoms with Gasteiger partial charge >= 0.3 is 0 Å². The fraction of sp³-hybridized carbons (Fsp3) is 0.435. The van der Waals surface area contributed by atoms with Crippen LogP contribution in [0.2, 0.25) is 0 Å². The molecule has 2 aliphatic heterocycles. The van der Waals surface area contributed by atoms with Crippen molar-refractivity contribution in [1.29, 1.82) is 0 Å². The number of benzene rings is 1. The number of nitrogens with one attached hydrogen (secondary N) is 1. The lowest BCUT2D eigenvalue weighted by Crippen LogP contribution is -2.48. The van der Waals surface area contributed by atoms with Crippen LogP contribution in [-0.2, 0) is 16.0 Å². The second-order valence-corrected chi connectivity index (χ2v) is 9.58. The summed E-state index contributed by atoms with van der Waals surface area (Å²) in [5, 5.41) is 21.3. The molecule has 11 heteroatoms. The summed E-state index contributed by atoms with van der Waals surface area (Å²) < 4.78 is 18.8. The highest BCUT2D eigenvalue weighted by Crippen LogP contribution is 2.29. The Morgan fingerprint density at radius 3 is 2.85 bits per heavy atom. The van der Waals surface area contributed by atoms with Gasteiger partial charge in [-0.1, -0.05) is 23.5 Å². The second-order valence-electron chi connectivity index (χ2n) is 8.51. The van der Waals surface area contributed by atoms with E-state index >= 15 is 0 Å². The Labute approximate surface area is 201 Å². The third-order valence-corrected chi connectivity index (χ3v) is 6.95. The highest BCUT2D eigenvalue weighted by atomic mass is 32.1. The highest BCUT2D eigenvalue weighted by Gasteiger charge is 2.28. The van der Waals surface area contributed by atoms with Crippen molar-refractivity contribution in [3.05, 3.63) is 53.2 Å². The number of carbonyl (C=O) groups excluding carboxylic acids is 1. The van der Waals surface area contributed by atoms with Crippen molar-refractivity contribution in [3.8, 4) is 0 Å². The molecule has 34 heavy (non-hydrogen) atoms. The standard InChI is InChI=1S/C23H26FN7O2S/c1-33-22(15-4-2-5-18(10-15)31-12-16(24)13-31)19(32)11-21-28-29-23(34-21)26-17-7-9-30(14-17)20-6-3-8-25-27-20/h2-6,8,10,16-17,22H,7,9,11-14H2,1H3,(H,26,29)/t17-,22-/m1/s1. The fourth-order valence-electron chi connectivity index (χ4n) is 4.32. The Morgan fingerprint density at radius 2 is 2.09 bits per heavy atom. The molecule has 0 aliphatic carbocycles. The van der Waals surface area contributed by atoms with E-state index in [1.807, 2.05) is 41.3 Å². The summed E-state index contributed by atoms with van der Waals surface area (Å²) in [6.45, 7) is 2.45. The molecular weight excluding hydrogens is 457 g/mol. The molecule has 1 aromatic carbocycles. The molecule has 2 atom stereocenters. The number of anilines is 3. The van der Waals surface area contributed by atoms with Crippen LogP contribution in [0.1, 0.15) is 23.1 Å². The molecule has 0 bridgehead atoms. The number of hydrogen-bond acceptors (Lipinski definition) is 10. The molecule has 1 N–H and O–H groups in total. The Hall–Kier alpha value is -3.18. The molecule has 0 unspecified atom stereocenters. The van der Waals surface area contributed by atoms with Crippen molar-refractivity contribution < 1.29 is 13.9 Å². The Kier molecular flexibility index (Phi) is 6.63. The minimum atomic E-state index is -0.789.